The second kappa shape index (κ2) is 50.2. The molecule has 10 rings (SSSR count). The van der Waals surface area contributed by atoms with Gasteiger partial charge in [-0.2, -0.15) is 0 Å². The van der Waals surface area contributed by atoms with Gasteiger partial charge in [-0.25, -0.2) is 0 Å². The van der Waals surface area contributed by atoms with Crippen molar-refractivity contribution in [2.24, 2.45) is 0 Å². The molecule has 0 spiro atoms. The number of hydrogen-bond donors (Lipinski definition) is 35. The molecule has 788 valence electrons. The Balaban J connectivity index is 1.09. The van der Waals surface area contributed by atoms with E-state index in [2.05, 4.69) is 26.6 Å². The summed E-state index contributed by atoms with van der Waals surface area (Å²) in [4.78, 5) is 65.6. The third kappa shape index (κ3) is 25.8. The van der Waals surface area contributed by atoms with Gasteiger partial charge in [0, 0.05) is 34.6 Å². The van der Waals surface area contributed by atoms with Crippen LogP contribution in [-0.4, -0.2) is 587 Å². The van der Waals surface area contributed by atoms with Crippen LogP contribution in [0.1, 0.15) is 41.5 Å². The maximum atomic E-state index is 13.5. The van der Waals surface area contributed by atoms with E-state index in [-0.39, 0.29) is 0 Å². The molecule has 10 fully saturated rings. The lowest BCUT2D eigenvalue weighted by Crippen LogP contribution is -2.71. The third-order valence-corrected chi connectivity index (χ3v) is 24.6. The number of carbonyl (C=O) groups is 5. The smallest absolute Gasteiger partial charge is 0.217 e. The van der Waals surface area contributed by atoms with Gasteiger partial charge in [0.15, 0.2) is 62.9 Å². The van der Waals surface area contributed by atoms with E-state index >= 15 is 0 Å². The highest BCUT2D eigenvalue weighted by atomic mass is 16.8. The first-order valence-corrected chi connectivity index (χ1v) is 43.4. The number of rotatable bonds is 39. The van der Waals surface area contributed by atoms with Crippen molar-refractivity contribution in [3.8, 4) is 0 Å². The van der Waals surface area contributed by atoms with E-state index in [0.29, 0.717) is 0 Å². The van der Waals surface area contributed by atoms with Crippen LogP contribution in [0.4, 0.5) is 0 Å². The Morgan fingerprint density at radius 3 is 0.971 bits per heavy atom. The lowest BCUT2D eigenvalue weighted by molar-refractivity contribution is -0.408. The molecule has 60 heteroatoms. The minimum Gasteiger partial charge on any atom is -0.394 e. The van der Waals surface area contributed by atoms with Crippen LogP contribution in [0, 0.1) is 0 Å². The van der Waals surface area contributed by atoms with Crippen LogP contribution < -0.4 is 26.6 Å². The van der Waals surface area contributed by atoms with Crippen molar-refractivity contribution < 1.29 is 272 Å². The quantitative estimate of drug-likeness (QED) is 0.0272. The SMILES string of the molecule is CC(=O)N[C@@H](CO)[C@@H](O)[C@H](OC1O[C@H](CO)[C@@H](OC2O[C@H](COC3O[C@H](CO)[C@@H](O)[C@H](O)[C@@H]3OC3O[C@H](CO)[C@@H](OC4O[C@H](CO)[C@H](O)[C@H](O)[C@H]4O)[C@H](O)[C@H]3NC(C)=O)[C@@H](OC3O[C@H](CO)[C@@H](O)[C@H](O)[C@H]3NC(C)=O)[C@H](OC3O[C@H](CO)[C@@H](O)[C@H](O)[C@@H]3OC3O[C@H](CO)[C@@H](OC4O[C@H](CO)[C@H](O)[C@H](O)[C@H]4O)[C@H](O)[C@H]3NC(C)=O)[C@@H]2O)[C@H](O)[C@H]1NC(C)=O)[C@H](O)COC1O[C@@H](C)[C@@H](O)[C@@H](O)[C@@H]1O. The molecule has 10 heterocycles. The van der Waals surface area contributed by atoms with Crippen molar-refractivity contribution in [2.75, 3.05) is 72.7 Å². The number of aliphatic hydroxyl groups excluding tert-OH is 30. The van der Waals surface area contributed by atoms with E-state index in [1.54, 1.807) is 0 Å². The fourth-order valence-electron chi connectivity index (χ4n) is 17.3. The largest absolute Gasteiger partial charge is 0.394 e. The van der Waals surface area contributed by atoms with Crippen LogP contribution in [0.3, 0.4) is 0 Å². The summed E-state index contributed by atoms with van der Waals surface area (Å²) in [5.74, 6) is -5.08. The Morgan fingerprint density at radius 2 is 0.574 bits per heavy atom. The van der Waals surface area contributed by atoms with E-state index in [1.807, 2.05) is 0 Å². The molecule has 5 amide bonds. The van der Waals surface area contributed by atoms with Gasteiger partial charge in [-0.15, -0.1) is 0 Å². The summed E-state index contributed by atoms with van der Waals surface area (Å²) in [7, 11) is 0. The minimum atomic E-state index is -2.85. The second-order valence-corrected chi connectivity index (χ2v) is 34.3. The lowest BCUT2D eigenvalue weighted by atomic mass is 9.93. The Hall–Kier alpha value is -4.65. The zero-order valence-electron chi connectivity index (χ0n) is 73.6. The molecule has 35 N–H and O–H groups in total. The van der Waals surface area contributed by atoms with Gasteiger partial charge >= 0.3 is 0 Å². The van der Waals surface area contributed by atoms with Crippen molar-refractivity contribution in [3.05, 3.63) is 0 Å². The Bertz CT molecular complexity index is 3710. The average molecular weight is 1990 g/mol. The Kier molecular flexibility index (Phi) is 41.9. The second-order valence-electron chi connectivity index (χ2n) is 34.3. The van der Waals surface area contributed by atoms with Gasteiger partial charge in [0.25, 0.3) is 0 Å². The van der Waals surface area contributed by atoms with Gasteiger partial charge in [-0.05, 0) is 6.92 Å². The molecule has 10 aliphatic heterocycles. The fourth-order valence-corrected chi connectivity index (χ4v) is 17.3. The lowest BCUT2D eigenvalue weighted by Gasteiger charge is -2.52. The van der Waals surface area contributed by atoms with Crippen molar-refractivity contribution >= 4 is 29.5 Å². The monoisotopic (exact) mass is 1990 g/mol. The van der Waals surface area contributed by atoms with Crippen molar-refractivity contribution in [1.29, 1.82) is 0 Å². The highest BCUT2D eigenvalue weighted by Crippen LogP contribution is 2.42. The normalized spacial score (nSPS) is 46.7. The van der Waals surface area contributed by atoms with Gasteiger partial charge in [0.2, 0.25) is 29.5 Å². The van der Waals surface area contributed by atoms with E-state index in [1.165, 1.54) is 6.92 Å². The maximum Gasteiger partial charge on any atom is 0.217 e. The van der Waals surface area contributed by atoms with E-state index in [4.69, 9.17) is 94.7 Å². The zero-order chi connectivity index (χ0) is 101. The van der Waals surface area contributed by atoms with Crippen LogP contribution >= 0.6 is 0 Å². The molecule has 0 aromatic carbocycles. The molecular weight excluding hydrogens is 1860 g/mol. The van der Waals surface area contributed by atoms with Gasteiger partial charge in [-0.1, -0.05) is 0 Å². The predicted octanol–water partition coefficient (Wildman–Crippen LogP) is -23.6. The molecule has 0 saturated carbocycles. The predicted molar refractivity (Wildman–Crippen MR) is 421 cm³/mol. The topological polar surface area (TPSA) is 937 Å². The van der Waals surface area contributed by atoms with Gasteiger partial charge in [-0.3, -0.25) is 24.0 Å². The van der Waals surface area contributed by atoms with Crippen LogP contribution in [0.2, 0.25) is 0 Å². The van der Waals surface area contributed by atoms with Crippen molar-refractivity contribution in [3.63, 3.8) is 0 Å². The van der Waals surface area contributed by atoms with Crippen LogP contribution in [0.15, 0.2) is 0 Å². The van der Waals surface area contributed by atoms with Crippen molar-refractivity contribution in [2.45, 2.75) is 373 Å². The highest BCUT2D eigenvalue weighted by Gasteiger charge is 2.63. The van der Waals surface area contributed by atoms with Crippen LogP contribution in [-0.2, 0) is 119 Å². The number of carbonyl (C=O) groups excluding carboxylic acids is 5. The molecule has 0 aromatic rings. The zero-order valence-corrected chi connectivity index (χ0v) is 73.6. The highest BCUT2D eigenvalue weighted by molar-refractivity contribution is 5.75. The number of hydrogen-bond acceptors (Lipinski definition) is 55. The van der Waals surface area contributed by atoms with Gasteiger partial charge in [0.1, 0.15) is 256 Å². The summed E-state index contributed by atoms with van der Waals surface area (Å²) in [6, 6.07) is -10.2. The maximum absolute atomic E-state index is 13.5. The molecule has 10 saturated heterocycles. The summed E-state index contributed by atoms with van der Waals surface area (Å²) >= 11 is 0. The summed E-state index contributed by atoms with van der Waals surface area (Å²) in [5.41, 5.74) is 0. The molecule has 54 atom stereocenters. The average Bonchev–Trinajstić information content (AvgIpc) is 0.755. The van der Waals surface area contributed by atoms with Gasteiger partial charge < -0.3 is 275 Å². The van der Waals surface area contributed by atoms with Crippen LogP contribution in [0.25, 0.3) is 0 Å². The summed E-state index contributed by atoms with van der Waals surface area (Å²) in [6.07, 6.45) is -108. The first kappa shape index (κ1) is 113. The standard InChI is InChI=1S/C76H129N5O55/c1-18-39(97)50(108)55(113)71(119-18)117-16-25(96)59(40(98)24(7-82)77-19(2)91)129-68-36(79-21(4)93)47(105)62(33(15-90)125-68)132-74-58(116)64(134-76-66(54(112)45(103)30(12-87)124-76)136-70-38(81-23(6)95)49(107)61(32(14-89)127-70)131-73-57(115)52(110)43(101)28(10-85)122-73)63(133-67-35(78-20(3)92)46(104)41(99)26(8-83)120-67)34(128-74)17-118-75-65(53(111)44(102)29(11-86)123-75)135-69-37(80-22(5)94)48(106)60(31(13-88)126-69)130-72-56(114)51(109)42(100)27(9-84)121-72/h18,24-76,82-90,96-116H,7-17H2,1-6H3,(H,77,91)(H,78,92)(H,79,93)(H,80,94)(H,81,95)/t18-,24-,25+,26+,27+,28+,29+,30+,31+,32+,33+,34+,35+,36+,37+,38+,39+,40+,41+,42-,43-,44+,45+,46+,47+,48+,49+,50+,51-,52-,53-,54-,55-,56+,57+,58-,59+,60+,61+,62+,63+,64+,65-,66-,67?,68?,69?,70?,71?,72?,73?,74?,75?,76?/m0/s1. The minimum absolute atomic E-state index is 0.853. The summed E-state index contributed by atoms with van der Waals surface area (Å²) in [5, 5.41) is 350. The number of nitrogens with one attached hydrogen (secondary N) is 5. The molecule has 0 aromatic heterocycles. The first-order chi connectivity index (χ1) is 64.3. The number of amides is 5. The molecule has 10 unspecified atom stereocenters. The molecule has 0 bridgehead atoms. The van der Waals surface area contributed by atoms with Gasteiger partial charge in [0.05, 0.1) is 84.8 Å². The van der Waals surface area contributed by atoms with Crippen molar-refractivity contribution in [1.82, 2.24) is 26.6 Å². The Labute approximate surface area is 771 Å². The number of ether oxygens (including phenoxy) is 20. The molecule has 0 aliphatic carbocycles. The summed E-state index contributed by atoms with van der Waals surface area (Å²) in [6.45, 7) is -7.55. The summed E-state index contributed by atoms with van der Waals surface area (Å²) < 4.78 is 121. The molecule has 10 aliphatic rings. The molecular formula is C76H129N5O55. The first-order valence-electron chi connectivity index (χ1n) is 43.4. The molecule has 136 heavy (non-hydrogen) atoms. The van der Waals surface area contributed by atoms with Crippen LogP contribution in [0.5, 0.6) is 0 Å². The molecule has 60 nitrogen and oxygen atoms in total. The third-order valence-electron chi connectivity index (χ3n) is 24.6. The fraction of sp³-hybridized carbons (Fsp3) is 0.934. The van der Waals surface area contributed by atoms with E-state index in [9.17, 15) is 177 Å². The Morgan fingerprint density at radius 1 is 0.272 bits per heavy atom. The number of aliphatic hydroxyl groups is 30. The molecule has 0 radical (unpaired) electrons. The van der Waals surface area contributed by atoms with E-state index in [0.717, 1.165) is 34.6 Å². The van der Waals surface area contributed by atoms with E-state index < -0.39 is 433 Å².